The van der Waals surface area contributed by atoms with Crippen molar-refractivity contribution in [3.8, 4) is 17.3 Å². The minimum absolute atomic E-state index is 0.0182. The largest absolute Gasteiger partial charge is 0.359 e. The Morgan fingerprint density at radius 3 is 2.85 bits per heavy atom. The monoisotopic (exact) mass is 416 g/mol. The van der Waals surface area contributed by atoms with E-state index in [2.05, 4.69) is 16.4 Å². The number of anilines is 1. The lowest BCUT2D eigenvalue weighted by molar-refractivity contribution is -0.384. The summed E-state index contributed by atoms with van der Waals surface area (Å²) >= 11 is 13.3. The molecule has 0 bridgehead atoms. The molecule has 0 saturated carbocycles. The average molecular weight is 417 g/mol. The van der Waals surface area contributed by atoms with Crippen molar-refractivity contribution in [1.82, 2.24) is 4.98 Å². The van der Waals surface area contributed by atoms with E-state index in [1.165, 1.54) is 29.7 Å². The normalized spacial score (nSPS) is 11.1. The molecule has 0 saturated heterocycles. The molecule has 0 unspecified atom stereocenters. The molecule has 0 aliphatic heterocycles. The zero-order valence-corrected chi connectivity index (χ0v) is 15.8. The summed E-state index contributed by atoms with van der Waals surface area (Å²) < 4.78 is 0. The minimum atomic E-state index is -0.462. The Labute approximate surface area is 168 Å². The molecular formula is C18H10Cl2N4O2S. The predicted molar refractivity (Wildman–Crippen MR) is 108 cm³/mol. The quantitative estimate of drug-likeness (QED) is 0.312. The van der Waals surface area contributed by atoms with Crippen molar-refractivity contribution in [3.05, 3.63) is 79.2 Å². The van der Waals surface area contributed by atoms with Crippen LogP contribution in [0.5, 0.6) is 0 Å². The second kappa shape index (κ2) is 8.18. The number of halogens is 2. The zero-order chi connectivity index (χ0) is 19.4. The fourth-order valence-corrected chi connectivity index (χ4v) is 3.35. The van der Waals surface area contributed by atoms with E-state index in [1.807, 2.05) is 0 Å². The Balaban J connectivity index is 1.87. The predicted octanol–water partition coefficient (Wildman–Crippen LogP) is 6.00. The van der Waals surface area contributed by atoms with Gasteiger partial charge in [0.1, 0.15) is 16.6 Å². The van der Waals surface area contributed by atoms with Gasteiger partial charge in [0.25, 0.3) is 5.69 Å². The Kier molecular flexibility index (Phi) is 5.72. The van der Waals surface area contributed by atoms with E-state index in [1.54, 1.807) is 35.7 Å². The van der Waals surface area contributed by atoms with Crippen molar-refractivity contribution < 1.29 is 4.92 Å². The van der Waals surface area contributed by atoms with E-state index in [0.29, 0.717) is 37.6 Å². The molecule has 3 aromatic rings. The number of nitrogens with one attached hydrogen (secondary N) is 1. The van der Waals surface area contributed by atoms with Crippen LogP contribution in [0, 0.1) is 21.4 Å². The molecule has 3 rings (SSSR count). The molecule has 0 fully saturated rings. The molecule has 2 aromatic carbocycles. The number of nitro groups is 1. The number of hydrogen-bond acceptors (Lipinski definition) is 6. The van der Waals surface area contributed by atoms with Crippen molar-refractivity contribution in [2.45, 2.75) is 0 Å². The second-order valence-corrected chi connectivity index (χ2v) is 6.99. The minimum Gasteiger partial charge on any atom is -0.359 e. The van der Waals surface area contributed by atoms with Crippen LogP contribution < -0.4 is 5.32 Å². The molecule has 0 spiro atoms. The van der Waals surface area contributed by atoms with Crippen LogP contribution in [0.25, 0.3) is 16.8 Å². The molecule has 1 N–H and O–H groups in total. The van der Waals surface area contributed by atoms with Gasteiger partial charge in [0, 0.05) is 34.3 Å². The van der Waals surface area contributed by atoms with E-state index >= 15 is 0 Å². The number of nitriles is 1. The number of allylic oxidation sites excluding steroid dienone is 1. The van der Waals surface area contributed by atoms with E-state index in [9.17, 15) is 15.4 Å². The number of nitrogens with zero attached hydrogens (tertiary/aromatic N) is 3. The second-order valence-electron chi connectivity index (χ2n) is 5.28. The van der Waals surface area contributed by atoms with Crippen molar-refractivity contribution in [3.63, 3.8) is 0 Å². The van der Waals surface area contributed by atoms with Crippen LogP contribution in [0.15, 0.2) is 54.0 Å². The Hall–Kier alpha value is -2.92. The van der Waals surface area contributed by atoms with Crippen LogP contribution >= 0.6 is 34.5 Å². The summed E-state index contributed by atoms with van der Waals surface area (Å²) in [6.45, 7) is 0. The molecule has 9 heteroatoms. The third-order valence-electron chi connectivity index (χ3n) is 3.51. The van der Waals surface area contributed by atoms with Crippen molar-refractivity contribution in [1.29, 1.82) is 5.26 Å². The molecule has 0 amide bonds. The molecular weight excluding hydrogens is 407 g/mol. The number of nitro benzene ring substituents is 1. The lowest BCUT2D eigenvalue weighted by Crippen LogP contribution is -1.92. The highest BCUT2D eigenvalue weighted by atomic mass is 35.5. The Morgan fingerprint density at radius 1 is 1.30 bits per heavy atom. The molecule has 0 aliphatic rings. The number of hydrogen-bond donors (Lipinski definition) is 1. The van der Waals surface area contributed by atoms with Gasteiger partial charge in [-0.3, -0.25) is 10.1 Å². The van der Waals surface area contributed by atoms with Gasteiger partial charge in [-0.15, -0.1) is 11.3 Å². The molecule has 0 aliphatic carbocycles. The molecule has 0 radical (unpaired) electrons. The van der Waals surface area contributed by atoms with E-state index < -0.39 is 4.92 Å². The maximum atomic E-state index is 10.9. The summed E-state index contributed by atoms with van der Waals surface area (Å²) in [6, 6.07) is 13.2. The molecule has 0 atom stereocenters. The van der Waals surface area contributed by atoms with Gasteiger partial charge in [0.15, 0.2) is 0 Å². The maximum Gasteiger partial charge on any atom is 0.270 e. The van der Waals surface area contributed by atoms with Crippen LogP contribution in [0.2, 0.25) is 10.0 Å². The van der Waals surface area contributed by atoms with Crippen LogP contribution in [0.3, 0.4) is 0 Å². The topological polar surface area (TPSA) is 91.8 Å². The van der Waals surface area contributed by atoms with Crippen LogP contribution in [-0.2, 0) is 0 Å². The molecule has 1 heterocycles. The van der Waals surface area contributed by atoms with Gasteiger partial charge in [0.05, 0.1) is 21.3 Å². The van der Waals surface area contributed by atoms with Gasteiger partial charge < -0.3 is 5.32 Å². The van der Waals surface area contributed by atoms with E-state index in [-0.39, 0.29) is 5.69 Å². The van der Waals surface area contributed by atoms with Crippen LogP contribution in [-0.4, -0.2) is 9.91 Å². The lowest BCUT2D eigenvalue weighted by atomic mass is 10.1. The van der Waals surface area contributed by atoms with E-state index in [4.69, 9.17) is 23.2 Å². The SMILES string of the molecule is N#CC(=CNc1cc(Cl)ccc1Cl)c1nc(-c2cccc([N+](=O)[O-])c2)cs1. The van der Waals surface area contributed by atoms with Crippen LogP contribution in [0.1, 0.15) is 5.01 Å². The summed E-state index contributed by atoms with van der Waals surface area (Å²) in [4.78, 5) is 14.9. The summed E-state index contributed by atoms with van der Waals surface area (Å²) in [6.07, 6.45) is 1.49. The highest BCUT2D eigenvalue weighted by Gasteiger charge is 2.12. The lowest BCUT2D eigenvalue weighted by Gasteiger charge is -2.04. The van der Waals surface area contributed by atoms with Crippen LogP contribution in [0.4, 0.5) is 11.4 Å². The average Bonchev–Trinajstić information content (AvgIpc) is 3.15. The van der Waals surface area contributed by atoms with Gasteiger partial charge in [-0.2, -0.15) is 5.26 Å². The number of non-ortho nitro benzene ring substituents is 1. The first-order valence-corrected chi connectivity index (χ1v) is 9.14. The third-order valence-corrected chi connectivity index (χ3v) is 4.95. The molecule has 6 nitrogen and oxygen atoms in total. The first-order valence-electron chi connectivity index (χ1n) is 7.50. The first-order chi connectivity index (χ1) is 13.0. The highest BCUT2D eigenvalue weighted by Crippen LogP contribution is 2.29. The third kappa shape index (κ3) is 4.44. The smallest absolute Gasteiger partial charge is 0.270 e. The maximum absolute atomic E-state index is 10.9. The van der Waals surface area contributed by atoms with Gasteiger partial charge in [0.2, 0.25) is 0 Å². The molecule has 1 aromatic heterocycles. The number of thiazole rings is 1. The number of benzene rings is 2. The highest BCUT2D eigenvalue weighted by molar-refractivity contribution is 7.11. The summed E-state index contributed by atoms with van der Waals surface area (Å²) in [5.41, 5.74) is 2.01. The Morgan fingerprint density at radius 2 is 2.11 bits per heavy atom. The van der Waals surface area contributed by atoms with Gasteiger partial charge >= 0.3 is 0 Å². The first kappa shape index (κ1) is 18.9. The summed E-state index contributed by atoms with van der Waals surface area (Å²) in [5.74, 6) is 0. The van der Waals surface area contributed by atoms with E-state index in [0.717, 1.165) is 0 Å². The standard InChI is InChI=1S/C18H10Cl2N4O2S/c19-13-4-5-15(20)16(7-13)22-9-12(8-21)18-23-17(10-27-18)11-2-1-3-14(6-11)24(25)26/h1-7,9-10,22H. The molecule has 27 heavy (non-hydrogen) atoms. The van der Waals surface area contributed by atoms with Gasteiger partial charge in [-0.1, -0.05) is 35.3 Å². The fraction of sp³-hybridized carbons (Fsp3) is 0. The number of rotatable bonds is 5. The van der Waals surface area contributed by atoms with Gasteiger partial charge in [-0.05, 0) is 18.2 Å². The molecule has 134 valence electrons. The van der Waals surface area contributed by atoms with Crippen molar-refractivity contribution >= 4 is 51.5 Å². The fourth-order valence-electron chi connectivity index (χ4n) is 2.21. The van der Waals surface area contributed by atoms with Crippen molar-refractivity contribution in [2.24, 2.45) is 0 Å². The summed E-state index contributed by atoms with van der Waals surface area (Å²) in [5, 5.41) is 26.5. The number of aromatic nitrogens is 1. The Bertz CT molecular complexity index is 1090. The van der Waals surface area contributed by atoms with Crippen molar-refractivity contribution in [2.75, 3.05) is 5.32 Å². The zero-order valence-electron chi connectivity index (χ0n) is 13.5. The summed E-state index contributed by atoms with van der Waals surface area (Å²) in [7, 11) is 0. The van der Waals surface area contributed by atoms with Gasteiger partial charge in [-0.25, -0.2) is 4.98 Å².